The smallest absolute Gasteiger partial charge is 0.393 e. The minimum atomic E-state index is -6.01. The molecule has 3 rings (SSSR count). The van der Waals surface area contributed by atoms with Gasteiger partial charge in [-0.25, -0.2) is 0 Å². The molecule has 0 radical (unpaired) electrons. The predicted molar refractivity (Wildman–Crippen MR) is 152 cm³/mol. The van der Waals surface area contributed by atoms with Gasteiger partial charge in [0, 0.05) is 12.8 Å². The second kappa shape index (κ2) is 12.5. The molecule has 0 aromatic rings. The maximum absolute atomic E-state index is 13.3. The quantitative estimate of drug-likeness (QED) is 0.178. The average Bonchev–Trinajstić information content (AvgIpc) is 3.21. The van der Waals surface area contributed by atoms with Gasteiger partial charge in [0.15, 0.2) is 0 Å². The number of aliphatic hydroxyl groups is 4. The van der Waals surface area contributed by atoms with Crippen LogP contribution in [0.2, 0.25) is 0 Å². The fourth-order valence-electron chi connectivity index (χ4n) is 7.84. The van der Waals surface area contributed by atoms with Gasteiger partial charge >= 0.3 is 18.0 Å². The van der Waals surface area contributed by atoms with Crippen LogP contribution in [0.4, 0.5) is 26.3 Å². The summed E-state index contributed by atoms with van der Waals surface area (Å²) >= 11 is 0. The maximum Gasteiger partial charge on any atom is 0.438 e. The Morgan fingerprint density at radius 3 is 2.19 bits per heavy atom. The van der Waals surface area contributed by atoms with Gasteiger partial charge in [-0.1, -0.05) is 50.5 Å². The van der Waals surface area contributed by atoms with Crippen LogP contribution in [0.3, 0.4) is 0 Å². The first-order chi connectivity index (χ1) is 19.5. The predicted octanol–water partition coefficient (Wildman–Crippen LogP) is 7.32. The summed E-state index contributed by atoms with van der Waals surface area (Å²) in [4.78, 5) is 0. The number of allylic oxidation sites excluding steroid dienone is 3. The molecular formula is C33H46F6O4. The van der Waals surface area contributed by atoms with Crippen LogP contribution in [-0.4, -0.2) is 56.2 Å². The van der Waals surface area contributed by atoms with E-state index in [2.05, 4.69) is 19.4 Å². The van der Waals surface area contributed by atoms with Gasteiger partial charge in [-0.05, 0) is 105 Å². The fourth-order valence-corrected chi connectivity index (χ4v) is 7.84. The number of hydrogen-bond acceptors (Lipinski definition) is 4. The highest BCUT2D eigenvalue weighted by molar-refractivity contribution is 5.39. The lowest BCUT2D eigenvalue weighted by molar-refractivity contribution is -0.343. The molecule has 0 aromatic heterocycles. The van der Waals surface area contributed by atoms with Crippen molar-refractivity contribution >= 4 is 0 Å². The van der Waals surface area contributed by atoms with Crippen LogP contribution in [0.15, 0.2) is 35.5 Å². The van der Waals surface area contributed by atoms with Gasteiger partial charge in [0.05, 0.1) is 17.8 Å². The maximum atomic E-state index is 13.3. The van der Waals surface area contributed by atoms with Crippen molar-refractivity contribution in [1.82, 2.24) is 0 Å². The summed E-state index contributed by atoms with van der Waals surface area (Å²) in [6.45, 7) is 11.3. The Morgan fingerprint density at radius 2 is 1.60 bits per heavy atom. The van der Waals surface area contributed by atoms with E-state index in [1.165, 1.54) is 5.57 Å². The van der Waals surface area contributed by atoms with Crippen LogP contribution in [0.1, 0.15) is 98.3 Å². The van der Waals surface area contributed by atoms with Crippen molar-refractivity contribution < 1.29 is 46.8 Å². The Balaban J connectivity index is 1.95. The molecule has 0 spiro atoms. The monoisotopic (exact) mass is 620 g/mol. The molecule has 6 atom stereocenters. The fraction of sp³-hybridized carbons (Fsp3) is 0.758. The number of hydrogen-bond donors (Lipinski definition) is 4. The van der Waals surface area contributed by atoms with Gasteiger partial charge in [-0.3, -0.25) is 0 Å². The summed E-state index contributed by atoms with van der Waals surface area (Å²) in [6.07, 6.45) is -3.77. The zero-order valence-corrected chi connectivity index (χ0v) is 25.5. The number of halogens is 6. The van der Waals surface area contributed by atoms with E-state index in [-0.39, 0.29) is 30.1 Å². The molecule has 3 fully saturated rings. The Kier molecular flexibility index (Phi) is 10.4. The van der Waals surface area contributed by atoms with E-state index in [1.54, 1.807) is 13.8 Å². The van der Waals surface area contributed by atoms with Crippen LogP contribution in [0.5, 0.6) is 0 Å². The van der Waals surface area contributed by atoms with Gasteiger partial charge in [0.2, 0.25) is 0 Å². The van der Waals surface area contributed by atoms with E-state index in [4.69, 9.17) is 0 Å². The number of alkyl halides is 6. The Labute approximate surface area is 251 Å². The molecule has 0 bridgehead atoms. The first-order valence-electron chi connectivity index (χ1n) is 15.1. The average molecular weight is 621 g/mol. The number of aliphatic hydroxyl groups excluding tert-OH is 2. The third-order valence-electron chi connectivity index (χ3n) is 10.2. The van der Waals surface area contributed by atoms with E-state index in [1.807, 2.05) is 19.1 Å². The molecule has 3 aliphatic carbocycles. The second-order valence-corrected chi connectivity index (χ2v) is 14.1. The van der Waals surface area contributed by atoms with Crippen LogP contribution in [0, 0.1) is 34.5 Å². The standard InChI is InChI=1S/C33H46F6O4/c1-21-23(19-24(40)20-26(21)41)11-10-22-9-6-17-30(5)25(22)12-13-27(30)29(4,15-7-14-28(2,3)42)16-8-18-31(43,32(34,35)36)33(37,38)39/h10-11,24-27,40-43H,1,6-7,9,12-17,19-20H2,2-5H3/t24-,25?,26?,27-,29-,30+/m1/s1. The van der Waals surface area contributed by atoms with Crippen molar-refractivity contribution in [3.8, 4) is 11.8 Å². The van der Waals surface area contributed by atoms with Crippen molar-refractivity contribution in [3.05, 3.63) is 35.5 Å². The molecule has 244 valence electrons. The second-order valence-electron chi connectivity index (χ2n) is 14.1. The minimum absolute atomic E-state index is 0.0735. The molecule has 3 aliphatic rings. The summed E-state index contributed by atoms with van der Waals surface area (Å²) in [6, 6.07) is 0. The molecule has 3 saturated carbocycles. The summed E-state index contributed by atoms with van der Waals surface area (Å²) in [7, 11) is 0. The van der Waals surface area contributed by atoms with Crippen molar-refractivity contribution in [2.75, 3.05) is 0 Å². The van der Waals surface area contributed by atoms with Crippen molar-refractivity contribution in [2.45, 2.75) is 134 Å². The van der Waals surface area contributed by atoms with Crippen molar-refractivity contribution in [3.63, 3.8) is 0 Å². The summed E-state index contributed by atoms with van der Waals surface area (Å²) in [5.74, 6) is 3.35. The first-order valence-corrected chi connectivity index (χ1v) is 15.1. The van der Waals surface area contributed by atoms with Crippen LogP contribution >= 0.6 is 0 Å². The molecule has 0 saturated heterocycles. The number of rotatable bonds is 7. The lowest BCUT2D eigenvalue weighted by Gasteiger charge is -2.49. The molecular weight excluding hydrogens is 574 g/mol. The molecule has 43 heavy (non-hydrogen) atoms. The molecule has 2 unspecified atom stereocenters. The van der Waals surface area contributed by atoms with Crippen molar-refractivity contribution in [1.29, 1.82) is 0 Å². The SMILES string of the molecule is C=C1C(=CC=C2CCC[C@@]3(C)C2CC[C@@H]3[C@@](C)(CC#CC(O)(C(F)(F)F)C(F)(F)F)CCCC(C)(C)O)C[C@@H](O)CC1O. The van der Waals surface area contributed by atoms with E-state index in [0.29, 0.717) is 37.7 Å². The molecule has 0 aliphatic heterocycles. The van der Waals surface area contributed by atoms with Crippen LogP contribution in [-0.2, 0) is 0 Å². The Hall–Kier alpha value is -1.80. The van der Waals surface area contributed by atoms with Crippen LogP contribution < -0.4 is 0 Å². The van der Waals surface area contributed by atoms with Gasteiger partial charge in [-0.2, -0.15) is 26.3 Å². The zero-order chi connectivity index (χ0) is 32.6. The highest BCUT2D eigenvalue weighted by Crippen LogP contribution is 2.63. The van der Waals surface area contributed by atoms with E-state index in [9.17, 15) is 46.8 Å². The molecule has 0 aromatic carbocycles. The summed E-state index contributed by atoms with van der Waals surface area (Å²) < 4.78 is 79.9. The largest absolute Gasteiger partial charge is 0.438 e. The molecule has 4 nitrogen and oxygen atoms in total. The number of fused-ring (bicyclic) bond motifs is 1. The molecule has 0 amide bonds. The lowest BCUT2D eigenvalue weighted by atomic mass is 9.55. The van der Waals surface area contributed by atoms with Gasteiger partial charge in [0.25, 0.3) is 0 Å². The van der Waals surface area contributed by atoms with Crippen molar-refractivity contribution in [2.24, 2.45) is 22.7 Å². The highest BCUT2D eigenvalue weighted by Gasteiger charge is 2.70. The third-order valence-corrected chi connectivity index (χ3v) is 10.2. The summed E-state index contributed by atoms with van der Waals surface area (Å²) in [5, 5.41) is 40.2. The first kappa shape index (κ1) is 35.7. The summed E-state index contributed by atoms with van der Waals surface area (Å²) in [5.41, 5.74) is -4.60. The van der Waals surface area contributed by atoms with Gasteiger partial charge < -0.3 is 20.4 Å². The van der Waals surface area contributed by atoms with E-state index >= 15 is 0 Å². The molecule has 4 N–H and O–H groups in total. The lowest BCUT2D eigenvalue weighted by Crippen LogP contribution is -2.55. The minimum Gasteiger partial charge on any atom is -0.393 e. The van der Waals surface area contributed by atoms with E-state index < -0.39 is 41.2 Å². The van der Waals surface area contributed by atoms with Crippen LogP contribution in [0.25, 0.3) is 0 Å². The van der Waals surface area contributed by atoms with Gasteiger partial charge in [-0.15, -0.1) is 0 Å². The normalized spacial score (nSPS) is 32.4. The van der Waals surface area contributed by atoms with E-state index in [0.717, 1.165) is 37.2 Å². The highest BCUT2D eigenvalue weighted by atomic mass is 19.4. The Bertz CT molecular complexity index is 1140. The van der Waals surface area contributed by atoms with Gasteiger partial charge in [0.1, 0.15) is 0 Å². The Morgan fingerprint density at radius 1 is 0.977 bits per heavy atom. The third kappa shape index (κ3) is 7.71. The topological polar surface area (TPSA) is 80.9 Å². The molecule has 10 heteroatoms. The molecule has 0 heterocycles. The zero-order valence-electron chi connectivity index (χ0n) is 25.5.